The summed E-state index contributed by atoms with van der Waals surface area (Å²) in [6.45, 7) is 7.79. The van der Waals surface area contributed by atoms with Crippen molar-refractivity contribution in [2.75, 3.05) is 6.54 Å². The molecule has 1 saturated heterocycles. The Morgan fingerprint density at radius 1 is 1.50 bits per heavy atom. The smallest absolute Gasteiger partial charge is 0.417 e. The van der Waals surface area contributed by atoms with Gasteiger partial charge in [0, 0.05) is 13.0 Å². The number of hydrogen-bond acceptors (Lipinski definition) is 3. The molecule has 0 N–H and O–H groups in total. The van der Waals surface area contributed by atoms with Crippen LogP contribution in [0.2, 0.25) is 0 Å². The van der Waals surface area contributed by atoms with Crippen LogP contribution in [0.1, 0.15) is 34.1 Å². The first-order valence-corrected chi connectivity index (χ1v) is 4.83. The second-order valence-corrected chi connectivity index (χ2v) is 4.79. The molecule has 14 heavy (non-hydrogen) atoms. The molecule has 0 aliphatic carbocycles. The van der Waals surface area contributed by atoms with Gasteiger partial charge in [0.2, 0.25) is 5.91 Å². The third kappa shape index (κ3) is 2.72. The van der Waals surface area contributed by atoms with Gasteiger partial charge in [-0.3, -0.25) is 4.79 Å². The maximum Gasteiger partial charge on any atom is 0.417 e. The number of nitrogens with zero attached hydrogens (tertiary/aromatic N) is 1. The van der Waals surface area contributed by atoms with E-state index in [1.54, 1.807) is 20.8 Å². The van der Waals surface area contributed by atoms with E-state index in [9.17, 15) is 9.59 Å². The van der Waals surface area contributed by atoms with Gasteiger partial charge >= 0.3 is 6.09 Å². The number of ether oxygens (including phenoxy) is 1. The van der Waals surface area contributed by atoms with Gasteiger partial charge in [-0.1, -0.05) is 6.92 Å². The maximum atomic E-state index is 11.5. The van der Waals surface area contributed by atoms with Crippen molar-refractivity contribution in [1.29, 1.82) is 0 Å². The molecule has 1 aliphatic heterocycles. The lowest BCUT2D eigenvalue weighted by Gasteiger charge is -2.23. The number of imide groups is 1. The second kappa shape index (κ2) is 3.59. The van der Waals surface area contributed by atoms with Crippen LogP contribution in [-0.4, -0.2) is 29.0 Å². The average Bonchev–Trinajstić information content (AvgIpc) is 2.26. The SMILES string of the molecule is C[C@@H]1CC(=O)N(C(=O)OC(C)(C)C)C1. The van der Waals surface area contributed by atoms with Crippen LogP contribution < -0.4 is 0 Å². The number of rotatable bonds is 0. The van der Waals surface area contributed by atoms with Crippen molar-refractivity contribution >= 4 is 12.0 Å². The van der Waals surface area contributed by atoms with E-state index in [-0.39, 0.29) is 11.8 Å². The zero-order valence-corrected chi connectivity index (χ0v) is 9.16. The van der Waals surface area contributed by atoms with Gasteiger partial charge in [0.05, 0.1) is 0 Å². The minimum absolute atomic E-state index is 0.133. The van der Waals surface area contributed by atoms with Crippen LogP contribution in [-0.2, 0) is 9.53 Å². The zero-order valence-electron chi connectivity index (χ0n) is 9.16. The molecule has 0 spiro atoms. The van der Waals surface area contributed by atoms with Crippen LogP contribution in [0.3, 0.4) is 0 Å². The lowest BCUT2D eigenvalue weighted by atomic mass is 10.2. The number of likely N-dealkylation sites (tertiary alicyclic amines) is 1. The van der Waals surface area contributed by atoms with Gasteiger partial charge in [-0.2, -0.15) is 0 Å². The van der Waals surface area contributed by atoms with Gasteiger partial charge in [0.25, 0.3) is 0 Å². The minimum Gasteiger partial charge on any atom is -0.443 e. The van der Waals surface area contributed by atoms with Crippen molar-refractivity contribution in [1.82, 2.24) is 4.90 Å². The summed E-state index contributed by atoms with van der Waals surface area (Å²) < 4.78 is 5.11. The van der Waals surface area contributed by atoms with E-state index in [0.717, 1.165) is 0 Å². The summed E-state index contributed by atoms with van der Waals surface area (Å²) in [6, 6.07) is 0. The standard InChI is InChI=1S/C10H17NO3/c1-7-5-8(12)11(6-7)9(13)14-10(2,3)4/h7H,5-6H2,1-4H3/t7-/m1/s1. The van der Waals surface area contributed by atoms with Crippen LogP contribution in [0.5, 0.6) is 0 Å². The molecule has 1 fully saturated rings. The molecule has 0 aromatic heterocycles. The first-order valence-electron chi connectivity index (χ1n) is 4.83. The fourth-order valence-electron chi connectivity index (χ4n) is 1.38. The summed E-state index contributed by atoms with van der Waals surface area (Å²) in [5.74, 6) is 0.113. The van der Waals surface area contributed by atoms with E-state index in [1.165, 1.54) is 4.90 Å². The topological polar surface area (TPSA) is 46.6 Å². The van der Waals surface area contributed by atoms with Gasteiger partial charge in [0.15, 0.2) is 0 Å². The average molecular weight is 199 g/mol. The summed E-state index contributed by atoms with van der Waals surface area (Å²) in [5, 5.41) is 0. The van der Waals surface area contributed by atoms with Crippen molar-refractivity contribution in [3.05, 3.63) is 0 Å². The number of carbonyl (C=O) groups is 2. The lowest BCUT2D eigenvalue weighted by Crippen LogP contribution is -2.37. The second-order valence-electron chi connectivity index (χ2n) is 4.79. The first-order chi connectivity index (χ1) is 6.29. The van der Waals surface area contributed by atoms with Crippen molar-refractivity contribution in [3.8, 4) is 0 Å². The summed E-state index contributed by atoms with van der Waals surface area (Å²) >= 11 is 0. The number of amides is 2. The summed E-state index contributed by atoms with van der Waals surface area (Å²) in [7, 11) is 0. The Balaban J connectivity index is 2.58. The fraction of sp³-hybridized carbons (Fsp3) is 0.800. The van der Waals surface area contributed by atoms with Gasteiger partial charge in [0.1, 0.15) is 5.60 Å². The summed E-state index contributed by atoms with van der Waals surface area (Å²) in [6.07, 6.45) is -0.0777. The molecule has 0 unspecified atom stereocenters. The van der Waals surface area contributed by atoms with E-state index in [4.69, 9.17) is 4.74 Å². The van der Waals surface area contributed by atoms with Crippen molar-refractivity contribution in [2.24, 2.45) is 5.92 Å². The highest BCUT2D eigenvalue weighted by atomic mass is 16.6. The van der Waals surface area contributed by atoms with Gasteiger partial charge in [-0.25, -0.2) is 9.69 Å². The van der Waals surface area contributed by atoms with E-state index in [1.807, 2.05) is 6.92 Å². The molecule has 2 amide bonds. The number of hydrogen-bond donors (Lipinski definition) is 0. The van der Waals surface area contributed by atoms with Crippen LogP contribution in [0.15, 0.2) is 0 Å². The molecule has 1 heterocycles. The molecule has 0 radical (unpaired) electrons. The van der Waals surface area contributed by atoms with Crippen molar-refractivity contribution < 1.29 is 14.3 Å². The molecule has 4 nitrogen and oxygen atoms in total. The van der Waals surface area contributed by atoms with Gasteiger partial charge < -0.3 is 4.74 Å². The molecule has 0 aromatic rings. The third-order valence-electron chi connectivity index (χ3n) is 1.93. The minimum atomic E-state index is -0.539. The monoisotopic (exact) mass is 199 g/mol. The molecule has 1 rings (SSSR count). The maximum absolute atomic E-state index is 11.5. The predicted molar refractivity (Wildman–Crippen MR) is 51.7 cm³/mol. The normalized spacial score (nSPS) is 22.7. The molecule has 4 heteroatoms. The summed E-state index contributed by atoms with van der Waals surface area (Å²) in [4.78, 5) is 24.0. The van der Waals surface area contributed by atoms with E-state index < -0.39 is 11.7 Å². The molecular weight excluding hydrogens is 182 g/mol. The fourth-order valence-corrected chi connectivity index (χ4v) is 1.38. The Morgan fingerprint density at radius 2 is 2.07 bits per heavy atom. The Morgan fingerprint density at radius 3 is 2.43 bits per heavy atom. The highest BCUT2D eigenvalue weighted by Crippen LogP contribution is 2.19. The Hall–Kier alpha value is -1.06. The largest absolute Gasteiger partial charge is 0.443 e. The Bertz CT molecular complexity index is 255. The van der Waals surface area contributed by atoms with E-state index in [2.05, 4.69) is 0 Å². The molecule has 1 atom stereocenters. The highest BCUT2D eigenvalue weighted by Gasteiger charge is 2.34. The molecule has 1 aliphatic rings. The van der Waals surface area contributed by atoms with Gasteiger partial charge in [-0.15, -0.1) is 0 Å². The van der Waals surface area contributed by atoms with Crippen molar-refractivity contribution in [3.63, 3.8) is 0 Å². The van der Waals surface area contributed by atoms with Crippen LogP contribution in [0, 0.1) is 5.92 Å². The number of carbonyl (C=O) groups excluding carboxylic acids is 2. The molecular formula is C10H17NO3. The molecule has 0 bridgehead atoms. The van der Waals surface area contributed by atoms with Crippen LogP contribution in [0.25, 0.3) is 0 Å². The Kier molecular flexibility index (Phi) is 2.83. The van der Waals surface area contributed by atoms with Crippen LogP contribution in [0.4, 0.5) is 4.79 Å². The van der Waals surface area contributed by atoms with E-state index >= 15 is 0 Å². The first kappa shape index (κ1) is 11.0. The molecule has 80 valence electrons. The lowest BCUT2D eigenvalue weighted by molar-refractivity contribution is -0.127. The molecule has 0 saturated carbocycles. The summed E-state index contributed by atoms with van der Waals surface area (Å²) in [5.41, 5.74) is -0.539. The zero-order chi connectivity index (χ0) is 10.9. The third-order valence-corrected chi connectivity index (χ3v) is 1.93. The van der Waals surface area contributed by atoms with Crippen LogP contribution >= 0.6 is 0 Å². The van der Waals surface area contributed by atoms with Crippen molar-refractivity contribution in [2.45, 2.75) is 39.7 Å². The van der Waals surface area contributed by atoms with E-state index in [0.29, 0.717) is 13.0 Å². The predicted octanol–water partition coefficient (Wildman–Crippen LogP) is 1.79. The quantitative estimate of drug-likeness (QED) is 0.597. The Labute approximate surface area is 84.2 Å². The van der Waals surface area contributed by atoms with Gasteiger partial charge in [-0.05, 0) is 26.7 Å². The molecule has 0 aromatic carbocycles. The highest BCUT2D eigenvalue weighted by molar-refractivity contribution is 5.93.